The van der Waals surface area contributed by atoms with E-state index < -0.39 is 16.8 Å². The number of rotatable bonds is 7. The molecule has 0 aliphatic rings. The lowest BCUT2D eigenvalue weighted by Gasteiger charge is -2.10. The molecule has 1 amide bonds. The van der Waals surface area contributed by atoms with Gasteiger partial charge in [0, 0.05) is 16.8 Å². The third-order valence-corrected chi connectivity index (χ3v) is 3.68. The van der Waals surface area contributed by atoms with E-state index in [1.807, 2.05) is 13.8 Å². The number of hydrogen-bond donors (Lipinski definition) is 2. The molecular formula is C12H17NO5S. The molecule has 0 spiro atoms. The summed E-state index contributed by atoms with van der Waals surface area (Å²) in [5.41, 5.74) is 0. The minimum absolute atomic E-state index is 0.0290. The van der Waals surface area contributed by atoms with Gasteiger partial charge in [0.05, 0.1) is 5.75 Å². The number of aromatic carboxylic acids is 1. The van der Waals surface area contributed by atoms with Crippen LogP contribution in [0.25, 0.3) is 0 Å². The van der Waals surface area contributed by atoms with Crippen LogP contribution in [0.4, 0.5) is 0 Å². The van der Waals surface area contributed by atoms with Crippen LogP contribution < -0.4 is 5.32 Å². The second-order valence-electron chi connectivity index (χ2n) is 4.18. The average Bonchev–Trinajstić information content (AvgIpc) is 2.76. The van der Waals surface area contributed by atoms with Gasteiger partial charge in [-0.1, -0.05) is 6.92 Å². The Balaban J connectivity index is 2.46. The fourth-order valence-corrected chi connectivity index (χ4v) is 2.30. The largest absolute Gasteiger partial charge is 0.475 e. The molecule has 2 unspecified atom stereocenters. The van der Waals surface area contributed by atoms with Gasteiger partial charge in [0.1, 0.15) is 11.5 Å². The molecule has 0 aromatic carbocycles. The summed E-state index contributed by atoms with van der Waals surface area (Å²) in [4.78, 5) is 22.1. The molecule has 0 bridgehead atoms. The molecule has 0 aliphatic carbocycles. The van der Waals surface area contributed by atoms with Gasteiger partial charge in [-0.3, -0.25) is 9.00 Å². The molecule has 0 fully saturated rings. The molecule has 1 rings (SSSR count). The third kappa shape index (κ3) is 5.25. The molecule has 0 aliphatic heterocycles. The van der Waals surface area contributed by atoms with Crippen molar-refractivity contribution in [2.45, 2.75) is 32.1 Å². The number of hydrogen-bond acceptors (Lipinski definition) is 4. The Morgan fingerprint density at radius 3 is 2.68 bits per heavy atom. The van der Waals surface area contributed by atoms with Gasteiger partial charge in [-0.2, -0.15) is 0 Å². The topological polar surface area (TPSA) is 96.6 Å². The highest BCUT2D eigenvalue weighted by molar-refractivity contribution is 7.84. The fraction of sp³-hybridized carbons (Fsp3) is 0.500. The van der Waals surface area contributed by atoms with E-state index in [1.165, 1.54) is 12.1 Å². The molecule has 2 atom stereocenters. The van der Waals surface area contributed by atoms with Crippen molar-refractivity contribution in [3.05, 3.63) is 23.7 Å². The first-order valence-corrected chi connectivity index (χ1v) is 7.37. The Labute approximate surface area is 113 Å². The summed E-state index contributed by atoms with van der Waals surface area (Å²) in [6.07, 6.45) is 0.804. The summed E-state index contributed by atoms with van der Waals surface area (Å²) in [6.45, 7) is 3.81. The van der Waals surface area contributed by atoms with Gasteiger partial charge in [-0.25, -0.2) is 4.79 Å². The molecule has 1 aromatic rings. The van der Waals surface area contributed by atoms with E-state index in [0.717, 1.165) is 6.42 Å². The van der Waals surface area contributed by atoms with E-state index in [9.17, 15) is 13.8 Å². The predicted octanol–water partition coefficient (Wildman–Crippen LogP) is 1.14. The van der Waals surface area contributed by atoms with E-state index in [1.54, 1.807) is 0 Å². The van der Waals surface area contributed by atoms with Gasteiger partial charge in [0.15, 0.2) is 0 Å². The summed E-state index contributed by atoms with van der Waals surface area (Å²) in [5.74, 6) is -1.44. The van der Waals surface area contributed by atoms with Gasteiger partial charge >= 0.3 is 5.97 Å². The van der Waals surface area contributed by atoms with Crippen LogP contribution in [0, 0.1) is 0 Å². The van der Waals surface area contributed by atoms with Crippen LogP contribution in [0.15, 0.2) is 16.5 Å². The van der Waals surface area contributed by atoms with Crippen molar-refractivity contribution < 1.29 is 23.3 Å². The zero-order chi connectivity index (χ0) is 14.4. The van der Waals surface area contributed by atoms with E-state index in [4.69, 9.17) is 9.52 Å². The van der Waals surface area contributed by atoms with Gasteiger partial charge in [-0.15, -0.1) is 0 Å². The zero-order valence-corrected chi connectivity index (χ0v) is 11.7. The summed E-state index contributed by atoms with van der Waals surface area (Å²) in [5, 5.41) is 11.4. The number of furan rings is 1. The van der Waals surface area contributed by atoms with Crippen molar-refractivity contribution in [3.63, 3.8) is 0 Å². The van der Waals surface area contributed by atoms with Gasteiger partial charge in [0.2, 0.25) is 11.7 Å². The molecule has 2 N–H and O–H groups in total. The Morgan fingerprint density at radius 2 is 2.16 bits per heavy atom. The van der Waals surface area contributed by atoms with Crippen LogP contribution in [-0.2, 0) is 21.3 Å². The lowest BCUT2D eigenvalue weighted by atomic mass is 10.3. The van der Waals surface area contributed by atoms with E-state index in [2.05, 4.69) is 5.32 Å². The Bertz CT molecular complexity index is 482. The second kappa shape index (κ2) is 7.08. The second-order valence-corrected chi connectivity index (χ2v) is 5.63. The Kier molecular flexibility index (Phi) is 5.75. The predicted molar refractivity (Wildman–Crippen MR) is 70.3 cm³/mol. The first kappa shape index (κ1) is 15.4. The lowest BCUT2D eigenvalue weighted by molar-refractivity contribution is -0.119. The highest BCUT2D eigenvalue weighted by Gasteiger charge is 2.14. The third-order valence-electron chi connectivity index (χ3n) is 2.49. The maximum Gasteiger partial charge on any atom is 0.371 e. The molecule has 1 heterocycles. The fourth-order valence-electron chi connectivity index (χ4n) is 1.34. The molecule has 19 heavy (non-hydrogen) atoms. The maximum absolute atomic E-state index is 11.7. The molecule has 6 nitrogen and oxygen atoms in total. The number of carbonyl (C=O) groups excluding carboxylic acids is 1. The van der Waals surface area contributed by atoms with Gasteiger partial charge in [0.25, 0.3) is 0 Å². The minimum Gasteiger partial charge on any atom is -0.475 e. The van der Waals surface area contributed by atoms with Crippen LogP contribution >= 0.6 is 0 Å². The average molecular weight is 287 g/mol. The van der Waals surface area contributed by atoms with Crippen molar-refractivity contribution in [2.75, 3.05) is 5.75 Å². The van der Waals surface area contributed by atoms with Crippen molar-refractivity contribution in [1.29, 1.82) is 0 Å². The maximum atomic E-state index is 11.7. The number of nitrogens with one attached hydrogen (secondary N) is 1. The first-order valence-electron chi connectivity index (χ1n) is 5.88. The van der Waals surface area contributed by atoms with Crippen LogP contribution in [0.3, 0.4) is 0 Å². The Hall–Kier alpha value is -1.63. The molecule has 1 aromatic heterocycles. The quantitative estimate of drug-likeness (QED) is 0.784. The van der Waals surface area contributed by atoms with E-state index in [-0.39, 0.29) is 29.2 Å². The molecular weight excluding hydrogens is 270 g/mol. The normalized spacial score (nSPS) is 13.8. The molecule has 7 heteroatoms. The monoisotopic (exact) mass is 287 g/mol. The van der Waals surface area contributed by atoms with Gasteiger partial charge < -0.3 is 14.8 Å². The summed E-state index contributed by atoms with van der Waals surface area (Å²) < 4.78 is 16.7. The SMILES string of the molecule is CCC(C)NC(=O)CS(=O)Cc1ccc(C(=O)O)o1. The van der Waals surface area contributed by atoms with Crippen molar-refractivity contribution in [1.82, 2.24) is 5.32 Å². The van der Waals surface area contributed by atoms with E-state index in [0.29, 0.717) is 5.76 Å². The summed E-state index contributed by atoms with van der Waals surface area (Å²) in [7, 11) is -1.42. The van der Waals surface area contributed by atoms with Crippen molar-refractivity contribution >= 4 is 22.7 Å². The summed E-state index contributed by atoms with van der Waals surface area (Å²) >= 11 is 0. The highest BCUT2D eigenvalue weighted by atomic mass is 32.2. The number of carboxylic acid groups (broad SMARTS) is 1. The van der Waals surface area contributed by atoms with Gasteiger partial charge in [-0.05, 0) is 25.5 Å². The van der Waals surface area contributed by atoms with Crippen LogP contribution in [0.5, 0.6) is 0 Å². The Morgan fingerprint density at radius 1 is 1.47 bits per heavy atom. The lowest BCUT2D eigenvalue weighted by Crippen LogP contribution is -2.35. The standard InChI is InChI=1S/C12H17NO5S/c1-3-8(2)13-11(14)7-19(17)6-9-4-5-10(18-9)12(15)16/h4-5,8H,3,6-7H2,1-2H3,(H,13,14)(H,15,16). The van der Waals surface area contributed by atoms with Crippen LogP contribution in [0.1, 0.15) is 36.6 Å². The molecule has 0 saturated carbocycles. The number of carbonyl (C=O) groups is 2. The number of carboxylic acids is 1. The first-order chi connectivity index (χ1) is 8.92. The minimum atomic E-state index is -1.42. The highest BCUT2D eigenvalue weighted by Crippen LogP contribution is 2.10. The van der Waals surface area contributed by atoms with Crippen LogP contribution in [-0.4, -0.2) is 33.0 Å². The molecule has 0 radical (unpaired) electrons. The van der Waals surface area contributed by atoms with Crippen LogP contribution in [0.2, 0.25) is 0 Å². The number of amides is 1. The smallest absolute Gasteiger partial charge is 0.371 e. The van der Waals surface area contributed by atoms with Crippen molar-refractivity contribution in [2.24, 2.45) is 0 Å². The van der Waals surface area contributed by atoms with E-state index >= 15 is 0 Å². The zero-order valence-electron chi connectivity index (χ0n) is 10.8. The molecule has 0 saturated heterocycles. The molecule has 106 valence electrons. The van der Waals surface area contributed by atoms with Crippen molar-refractivity contribution in [3.8, 4) is 0 Å². The summed E-state index contributed by atoms with van der Waals surface area (Å²) in [6, 6.07) is 2.80.